The van der Waals surface area contributed by atoms with E-state index in [1.165, 1.54) is 5.56 Å². The number of benzene rings is 1. The third kappa shape index (κ3) is 3.87. The first kappa shape index (κ1) is 17.9. The van der Waals surface area contributed by atoms with Gasteiger partial charge in [0.15, 0.2) is 0 Å². The summed E-state index contributed by atoms with van der Waals surface area (Å²) in [4.78, 5) is 29.1. The van der Waals surface area contributed by atoms with E-state index in [1.807, 2.05) is 28.9 Å². The van der Waals surface area contributed by atoms with Crippen molar-refractivity contribution in [2.24, 2.45) is 0 Å². The van der Waals surface area contributed by atoms with E-state index in [4.69, 9.17) is 4.74 Å². The number of nitrogens with zero attached hydrogens (tertiary/aromatic N) is 2. The molecular weight excluding hydrogens is 316 g/mol. The van der Waals surface area contributed by atoms with Crippen molar-refractivity contribution in [2.75, 3.05) is 32.8 Å². The average molecular weight is 344 g/mol. The van der Waals surface area contributed by atoms with Crippen LogP contribution in [0.2, 0.25) is 0 Å². The number of hydrogen-bond donors (Lipinski definition) is 0. The van der Waals surface area contributed by atoms with Gasteiger partial charge < -0.3 is 14.5 Å². The first-order valence-electron chi connectivity index (χ1n) is 9.27. The Morgan fingerprint density at radius 2 is 1.80 bits per heavy atom. The number of ether oxygens (including phenoxy) is 1. The van der Waals surface area contributed by atoms with Crippen LogP contribution in [0.5, 0.6) is 0 Å². The van der Waals surface area contributed by atoms with E-state index >= 15 is 0 Å². The first-order valence-corrected chi connectivity index (χ1v) is 9.27. The van der Waals surface area contributed by atoms with Gasteiger partial charge in [-0.25, -0.2) is 0 Å². The summed E-state index contributed by atoms with van der Waals surface area (Å²) in [5.41, 5.74) is 2.97. The van der Waals surface area contributed by atoms with Crippen LogP contribution in [0.1, 0.15) is 54.1 Å². The van der Waals surface area contributed by atoms with E-state index in [1.54, 1.807) is 0 Å². The normalized spacial score (nSPS) is 21.0. The highest BCUT2D eigenvalue weighted by Crippen LogP contribution is 2.21. The molecule has 2 fully saturated rings. The lowest BCUT2D eigenvalue weighted by molar-refractivity contribution is -0.142. The van der Waals surface area contributed by atoms with E-state index in [0.29, 0.717) is 38.7 Å². The monoisotopic (exact) mass is 344 g/mol. The molecule has 2 aliphatic rings. The Morgan fingerprint density at radius 3 is 2.40 bits per heavy atom. The van der Waals surface area contributed by atoms with E-state index in [-0.39, 0.29) is 17.9 Å². The maximum Gasteiger partial charge on any atom is 0.254 e. The number of aryl methyl sites for hydroxylation is 1. The van der Waals surface area contributed by atoms with Crippen molar-refractivity contribution in [3.8, 4) is 0 Å². The summed E-state index contributed by atoms with van der Waals surface area (Å²) < 4.78 is 5.49. The van der Waals surface area contributed by atoms with Gasteiger partial charge in [-0.1, -0.05) is 26.0 Å². The van der Waals surface area contributed by atoms with Crippen molar-refractivity contribution in [1.29, 1.82) is 0 Å². The molecule has 136 valence electrons. The molecule has 1 unspecified atom stereocenters. The zero-order valence-corrected chi connectivity index (χ0v) is 15.5. The minimum atomic E-state index is -0.271. The Labute approximate surface area is 149 Å². The molecule has 0 N–H and O–H groups in total. The molecule has 2 heterocycles. The first-order chi connectivity index (χ1) is 12.0. The highest BCUT2D eigenvalue weighted by Gasteiger charge is 2.31. The maximum absolute atomic E-state index is 12.9. The third-order valence-electron chi connectivity index (χ3n) is 5.24. The molecule has 3 rings (SSSR count). The second kappa shape index (κ2) is 7.56. The molecule has 2 amide bonds. The fraction of sp³-hybridized carbons (Fsp3) is 0.600. The Morgan fingerprint density at radius 1 is 1.12 bits per heavy atom. The molecule has 0 saturated carbocycles. The van der Waals surface area contributed by atoms with Crippen LogP contribution in [0.15, 0.2) is 18.2 Å². The van der Waals surface area contributed by atoms with Crippen LogP contribution in [0.3, 0.4) is 0 Å². The lowest BCUT2D eigenvalue weighted by Gasteiger charge is -2.36. The predicted octanol–water partition coefficient (Wildman–Crippen LogP) is 2.58. The van der Waals surface area contributed by atoms with Gasteiger partial charge in [0.1, 0.15) is 6.10 Å². The van der Waals surface area contributed by atoms with Crippen molar-refractivity contribution < 1.29 is 14.3 Å². The predicted molar refractivity (Wildman–Crippen MR) is 96.7 cm³/mol. The Hall–Kier alpha value is -1.88. The molecule has 2 saturated heterocycles. The summed E-state index contributed by atoms with van der Waals surface area (Å²) in [7, 11) is 0. The van der Waals surface area contributed by atoms with Crippen molar-refractivity contribution >= 4 is 11.8 Å². The number of carbonyl (C=O) groups is 2. The van der Waals surface area contributed by atoms with E-state index < -0.39 is 0 Å². The number of rotatable bonds is 3. The zero-order chi connectivity index (χ0) is 18.0. The van der Waals surface area contributed by atoms with Gasteiger partial charge in [0, 0.05) is 38.3 Å². The number of carbonyl (C=O) groups excluding carboxylic acids is 2. The molecule has 5 nitrogen and oxygen atoms in total. The molecule has 0 radical (unpaired) electrons. The quantitative estimate of drug-likeness (QED) is 0.847. The van der Waals surface area contributed by atoms with Crippen LogP contribution in [-0.4, -0.2) is 60.5 Å². The molecule has 2 aliphatic heterocycles. The summed E-state index contributed by atoms with van der Waals surface area (Å²) >= 11 is 0. The van der Waals surface area contributed by atoms with Crippen molar-refractivity contribution in [3.63, 3.8) is 0 Å². The fourth-order valence-corrected chi connectivity index (χ4v) is 3.51. The lowest BCUT2D eigenvalue weighted by atomic mass is 9.97. The Balaban J connectivity index is 1.63. The molecule has 25 heavy (non-hydrogen) atoms. The van der Waals surface area contributed by atoms with Crippen LogP contribution in [-0.2, 0) is 9.53 Å². The Bertz CT molecular complexity index is 642. The SMILES string of the molecule is Cc1ccc(C(C)C)cc1C(=O)N1CCN(C(=O)C2CCCO2)CC1. The topological polar surface area (TPSA) is 49.9 Å². The molecular formula is C20H28N2O3. The molecule has 5 heteroatoms. The van der Waals surface area contributed by atoms with Gasteiger partial charge in [0.05, 0.1) is 0 Å². The van der Waals surface area contributed by atoms with Crippen LogP contribution in [0.4, 0.5) is 0 Å². The second-order valence-corrected chi connectivity index (χ2v) is 7.35. The Kier molecular flexibility index (Phi) is 5.42. The molecule has 0 aliphatic carbocycles. The van der Waals surface area contributed by atoms with Crippen molar-refractivity contribution in [3.05, 3.63) is 34.9 Å². The number of piperazine rings is 1. The van der Waals surface area contributed by atoms with E-state index in [2.05, 4.69) is 19.9 Å². The van der Waals surface area contributed by atoms with Gasteiger partial charge in [0.2, 0.25) is 0 Å². The molecule has 1 aromatic rings. The largest absolute Gasteiger partial charge is 0.368 e. The van der Waals surface area contributed by atoms with Crippen molar-refractivity contribution in [2.45, 2.75) is 45.6 Å². The van der Waals surface area contributed by atoms with Crippen LogP contribution < -0.4 is 0 Å². The second-order valence-electron chi connectivity index (χ2n) is 7.35. The van der Waals surface area contributed by atoms with Gasteiger partial charge in [-0.05, 0) is 42.9 Å². The smallest absolute Gasteiger partial charge is 0.254 e. The molecule has 0 spiro atoms. The molecule has 0 aromatic heterocycles. The highest BCUT2D eigenvalue weighted by molar-refractivity contribution is 5.96. The molecule has 1 atom stereocenters. The highest BCUT2D eigenvalue weighted by atomic mass is 16.5. The fourth-order valence-electron chi connectivity index (χ4n) is 3.51. The van der Waals surface area contributed by atoms with E-state index in [9.17, 15) is 9.59 Å². The zero-order valence-electron chi connectivity index (χ0n) is 15.5. The summed E-state index contributed by atoms with van der Waals surface area (Å²) in [6, 6.07) is 6.14. The molecule has 1 aromatic carbocycles. The summed E-state index contributed by atoms with van der Waals surface area (Å²) in [5, 5.41) is 0. The molecule has 0 bridgehead atoms. The summed E-state index contributed by atoms with van der Waals surface area (Å²) in [6.45, 7) is 9.28. The van der Waals surface area contributed by atoms with Crippen LogP contribution >= 0.6 is 0 Å². The van der Waals surface area contributed by atoms with Gasteiger partial charge in [0.25, 0.3) is 11.8 Å². The van der Waals surface area contributed by atoms with Gasteiger partial charge in [-0.2, -0.15) is 0 Å². The van der Waals surface area contributed by atoms with Gasteiger partial charge in [-0.3, -0.25) is 9.59 Å². The number of hydrogen-bond acceptors (Lipinski definition) is 3. The summed E-state index contributed by atoms with van der Waals surface area (Å²) in [6.07, 6.45) is 1.51. The summed E-state index contributed by atoms with van der Waals surface area (Å²) in [5.74, 6) is 0.555. The van der Waals surface area contributed by atoms with Crippen molar-refractivity contribution in [1.82, 2.24) is 9.80 Å². The van der Waals surface area contributed by atoms with Gasteiger partial charge >= 0.3 is 0 Å². The maximum atomic E-state index is 12.9. The third-order valence-corrected chi connectivity index (χ3v) is 5.24. The van der Waals surface area contributed by atoms with Crippen LogP contribution in [0.25, 0.3) is 0 Å². The standard InChI is InChI=1S/C20H28N2O3/c1-14(2)16-7-6-15(3)17(13-16)19(23)21-8-10-22(11-9-21)20(24)18-5-4-12-25-18/h6-7,13-14,18H,4-5,8-12H2,1-3H3. The lowest BCUT2D eigenvalue weighted by Crippen LogP contribution is -2.52. The average Bonchev–Trinajstić information content (AvgIpc) is 3.15. The van der Waals surface area contributed by atoms with Crippen LogP contribution in [0, 0.1) is 6.92 Å². The van der Waals surface area contributed by atoms with E-state index in [0.717, 1.165) is 24.0 Å². The number of amides is 2. The minimum absolute atomic E-state index is 0.0733. The minimum Gasteiger partial charge on any atom is -0.368 e. The van der Waals surface area contributed by atoms with Gasteiger partial charge in [-0.15, -0.1) is 0 Å².